The normalized spacial score (nSPS) is 35.4. The molecule has 1 amide bonds. The van der Waals surface area contributed by atoms with E-state index in [1.165, 1.54) is 7.11 Å². The standard InChI is InChI=1S/C12H23NO6/c1-6(2)4-8(15)13-9-11(18-3)10(16)7(5-14)19-12(9)17/h6-7,9-12,14,16-17H,4-5H2,1-3H3,(H,13,15)/t7-,9-,10-,11-,12+/m1/s1. The Bertz CT molecular complexity index is 298. The zero-order valence-electron chi connectivity index (χ0n) is 11.4. The summed E-state index contributed by atoms with van der Waals surface area (Å²) in [5, 5.41) is 31.4. The minimum Gasteiger partial charge on any atom is -0.394 e. The minimum absolute atomic E-state index is 0.178. The molecule has 0 aliphatic carbocycles. The third kappa shape index (κ3) is 4.12. The highest BCUT2D eigenvalue weighted by Crippen LogP contribution is 2.22. The molecule has 1 aliphatic heterocycles. The monoisotopic (exact) mass is 277 g/mol. The van der Waals surface area contributed by atoms with Crippen LogP contribution in [0.2, 0.25) is 0 Å². The number of carbonyl (C=O) groups is 1. The molecule has 19 heavy (non-hydrogen) atoms. The molecule has 1 aliphatic rings. The van der Waals surface area contributed by atoms with E-state index in [-0.39, 0.29) is 11.8 Å². The van der Waals surface area contributed by atoms with E-state index < -0.39 is 37.3 Å². The van der Waals surface area contributed by atoms with Crippen molar-refractivity contribution in [2.75, 3.05) is 13.7 Å². The van der Waals surface area contributed by atoms with Gasteiger partial charge in [0, 0.05) is 13.5 Å². The van der Waals surface area contributed by atoms with E-state index in [1.54, 1.807) is 0 Å². The van der Waals surface area contributed by atoms with Gasteiger partial charge in [0.2, 0.25) is 5.91 Å². The highest BCUT2D eigenvalue weighted by Gasteiger charge is 2.45. The van der Waals surface area contributed by atoms with Crippen LogP contribution >= 0.6 is 0 Å². The van der Waals surface area contributed by atoms with Crippen LogP contribution in [-0.2, 0) is 14.3 Å². The predicted octanol–water partition coefficient (Wildman–Crippen LogP) is -1.40. The Balaban J connectivity index is 2.72. The lowest BCUT2D eigenvalue weighted by Crippen LogP contribution is -2.64. The number of aliphatic hydroxyl groups excluding tert-OH is 3. The van der Waals surface area contributed by atoms with Gasteiger partial charge in [-0.3, -0.25) is 4.79 Å². The molecule has 0 saturated carbocycles. The van der Waals surface area contributed by atoms with E-state index in [1.807, 2.05) is 13.8 Å². The number of rotatable bonds is 5. The van der Waals surface area contributed by atoms with Crippen molar-refractivity contribution in [3.63, 3.8) is 0 Å². The first kappa shape index (κ1) is 16.3. The van der Waals surface area contributed by atoms with Crippen LogP contribution in [0.25, 0.3) is 0 Å². The van der Waals surface area contributed by atoms with Gasteiger partial charge >= 0.3 is 0 Å². The molecule has 0 spiro atoms. The zero-order valence-corrected chi connectivity index (χ0v) is 11.4. The van der Waals surface area contributed by atoms with E-state index in [0.29, 0.717) is 6.42 Å². The van der Waals surface area contributed by atoms with Gasteiger partial charge in [0.1, 0.15) is 24.4 Å². The molecule has 1 saturated heterocycles. The Hall–Kier alpha value is -0.730. The molecule has 0 radical (unpaired) electrons. The van der Waals surface area contributed by atoms with Crippen LogP contribution < -0.4 is 5.32 Å². The van der Waals surface area contributed by atoms with E-state index in [4.69, 9.17) is 14.6 Å². The number of hydrogen-bond donors (Lipinski definition) is 4. The predicted molar refractivity (Wildman–Crippen MR) is 66.2 cm³/mol. The van der Waals surface area contributed by atoms with Gasteiger partial charge < -0.3 is 30.1 Å². The average molecular weight is 277 g/mol. The van der Waals surface area contributed by atoms with Crippen LogP contribution in [0.3, 0.4) is 0 Å². The maximum atomic E-state index is 11.7. The van der Waals surface area contributed by atoms with Gasteiger partial charge in [-0.15, -0.1) is 0 Å². The highest BCUT2D eigenvalue weighted by molar-refractivity contribution is 5.76. The van der Waals surface area contributed by atoms with Crippen molar-refractivity contribution in [1.29, 1.82) is 0 Å². The van der Waals surface area contributed by atoms with Crippen molar-refractivity contribution in [1.82, 2.24) is 5.32 Å². The SMILES string of the molecule is CO[C@H]1[C@H](O)[C@@H](CO)O[C@H](O)[C@@H]1NC(=O)CC(C)C. The molecule has 7 nitrogen and oxygen atoms in total. The summed E-state index contributed by atoms with van der Waals surface area (Å²) in [5.41, 5.74) is 0. The van der Waals surface area contributed by atoms with E-state index in [0.717, 1.165) is 0 Å². The number of hydrogen-bond acceptors (Lipinski definition) is 6. The third-order valence-corrected chi connectivity index (χ3v) is 3.07. The topological polar surface area (TPSA) is 108 Å². The first-order valence-electron chi connectivity index (χ1n) is 6.35. The van der Waals surface area contributed by atoms with Gasteiger partial charge in [0.25, 0.3) is 0 Å². The maximum Gasteiger partial charge on any atom is 0.220 e. The Morgan fingerprint density at radius 1 is 1.42 bits per heavy atom. The molecule has 0 aromatic heterocycles. The molecule has 112 valence electrons. The van der Waals surface area contributed by atoms with Gasteiger partial charge in [-0.1, -0.05) is 13.8 Å². The molecule has 1 fully saturated rings. The molecule has 0 bridgehead atoms. The van der Waals surface area contributed by atoms with Crippen LogP contribution in [0.15, 0.2) is 0 Å². The second-order valence-electron chi connectivity index (χ2n) is 5.13. The Labute approximate surface area is 112 Å². The molecule has 1 rings (SSSR count). The van der Waals surface area contributed by atoms with E-state index in [9.17, 15) is 15.0 Å². The van der Waals surface area contributed by atoms with E-state index in [2.05, 4.69) is 5.32 Å². The van der Waals surface area contributed by atoms with Crippen LogP contribution in [0.1, 0.15) is 20.3 Å². The summed E-state index contributed by atoms with van der Waals surface area (Å²) in [7, 11) is 1.36. The number of aliphatic hydroxyl groups is 3. The fourth-order valence-electron chi connectivity index (χ4n) is 2.14. The molecule has 7 heteroatoms. The quantitative estimate of drug-likeness (QED) is 0.492. The lowest BCUT2D eigenvalue weighted by molar-refractivity contribution is -0.258. The fraction of sp³-hybridized carbons (Fsp3) is 0.917. The summed E-state index contributed by atoms with van der Waals surface area (Å²) in [4.78, 5) is 11.7. The Morgan fingerprint density at radius 2 is 2.05 bits per heavy atom. The molecule has 1 heterocycles. The number of methoxy groups -OCH3 is 1. The first-order chi connectivity index (χ1) is 8.90. The van der Waals surface area contributed by atoms with Crippen molar-refractivity contribution >= 4 is 5.91 Å². The number of amides is 1. The zero-order chi connectivity index (χ0) is 14.6. The second kappa shape index (κ2) is 7.16. The average Bonchev–Trinajstić information content (AvgIpc) is 2.32. The lowest BCUT2D eigenvalue weighted by Gasteiger charge is -2.42. The molecule has 4 N–H and O–H groups in total. The molecular weight excluding hydrogens is 254 g/mol. The maximum absolute atomic E-state index is 11.7. The smallest absolute Gasteiger partial charge is 0.220 e. The second-order valence-corrected chi connectivity index (χ2v) is 5.13. The Morgan fingerprint density at radius 3 is 2.53 bits per heavy atom. The highest BCUT2D eigenvalue weighted by atomic mass is 16.6. The van der Waals surface area contributed by atoms with Crippen LogP contribution in [0, 0.1) is 5.92 Å². The van der Waals surface area contributed by atoms with Gasteiger partial charge in [-0.2, -0.15) is 0 Å². The molecule has 0 aromatic rings. The minimum atomic E-state index is -1.33. The summed E-state index contributed by atoms with van der Waals surface area (Å²) < 4.78 is 10.2. The summed E-state index contributed by atoms with van der Waals surface area (Å²) >= 11 is 0. The van der Waals surface area contributed by atoms with Crippen molar-refractivity contribution < 1.29 is 29.6 Å². The van der Waals surface area contributed by atoms with Gasteiger partial charge in [-0.25, -0.2) is 0 Å². The molecule has 5 atom stereocenters. The number of carbonyl (C=O) groups excluding carboxylic acids is 1. The first-order valence-corrected chi connectivity index (χ1v) is 6.35. The van der Waals surface area contributed by atoms with E-state index >= 15 is 0 Å². The number of ether oxygens (including phenoxy) is 2. The van der Waals surface area contributed by atoms with Crippen LogP contribution in [0.5, 0.6) is 0 Å². The largest absolute Gasteiger partial charge is 0.394 e. The van der Waals surface area contributed by atoms with Crippen molar-refractivity contribution in [2.24, 2.45) is 5.92 Å². The number of nitrogens with one attached hydrogen (secondary N) is 1. The summed E-state index contributed by atoms with van der Waals surface area (Å²) in [6.45, 7) is 3.36. The van der Waals surface area contributed by atoms with Crippen LogP contribution in [-0.4, -0.2) is 65.6 Å². The molecule has 0 unspecified atom stereocenters. The fourth-order valence-corrected chi connectivity index (χ4v) is 2.14. The lowest BCUT2D eigenvalue weighted by atomic mass is 9.96. The van der Waals surface area contributed by atoms with Gasteiger partial charge in [-0.05, 0) is 5.92 Å². The van der Waals surface area contributed by atoms with Gasteiger partial charge in [0.05, 0.1) is 6.61 Å². The summed E-state index contributed by atoms with van der Waals surface area (Å²) in [6, 6.07) is -0.867. The molecular formula is C12H23NO6. The Kier molecular flexibility index (Phi) is 6.15. The van der Waals surface area contributed by atoms with Crippen molar-refractivity contribution in [3.8, 4) is 0 Å². The van der Waals surface area contributed by atoms with Crippen molar-refractivity contribution in [3.05, 3.63) is 0 Å². The summed E-state index contributed by atoms with van der Waals surface area (Å²) in [5.74, 6) is -0.0721. The summed E-state index contributed by atoms with van der Waals surface area (Å²) in [6.07, 6.45) is -3.92. The van der Waals surface area contributed by atoms with Crippen molar-refractivity contribution in [2.45, 2.75) is 50.9 Å². The van der Waals surface area contributed by atoms with Crippen LogP contribution in [0.4, 0.5) is 0 Å². The van der Waals surface area contributed by atoms with Gasteiger partial charge in [0.15, 0.2) is 6.29 Å². The molecule has 0 aromatic carbocycles. The third-order valence-electron chi connectivity index (χ3n) is 3.07.